The van der Waals surface area contributed by atoms with Gasteiger partial charge in [-0.25, -0.2) is 13.4 Å². The van der Waals surface area contributed by atoms with Gasteiger partial charge in [0.2, 0.25) is 5.95 Å². The zero-order valence-electron chi connectivity index (χ0n) is 25.9. The van der Waals surface area contributed by atoms with Crippen LogP contribution in [0.15, 0.2) is 78.9 Å². The lowest BCUT2D eigenvalue weighted by Gasteiger charge is -2.28. The molecule has 1 amide bonds. The highest BCUT2D eigenvalue weighted by Crippen LogP contribution is 2.27. The van der Waals surface area contributed by atoms with Crippen LogP contribution in [0.3, 0.4) is 0 Å². The van der Waals surface area contributed by atoms with Gasteiger partial charge in [0.15, 0.2) is 0 Å². The van der Waals surface area contributed by atoms with E-state index in [4.69, 9.17) is 9.72 Å². The molecule has 1 atom stereocenters. The predicted molar refractivity (Wildman–Crippen MR) is 176 cm³/mol. The van der Waals surface area contributed by atoms with Gasteiger partial charge in [-0.3, -0.25) is 4.79 Å². The third-order valence-corrected chi connectivity index (χ3v) is 9.36. The van der Waals surface area contributed by atoms with Crippen molar-refractivity contribution in [1.29, 1.82) is 0 Å². The number of aromatic nitrogens is 2. The van der Waals surface area contributed by atoms with Gasteiger partial charge in [0.05, 0.1) is 23.9 Å². The monoisotopic (exact) mass is 617 g/mol. The number of likely N-dealkylation sites (N-methyl/N-ethyl adjacent to an activating group) is 1. The Labute approximate surface area is 261 Å². The number of aryl methyl sites for hydroxylation is 1. The van der Waals surface area contributed by atoms with Gasteiger partial charge < -0.3 is 24.0 Å². The van der Waals surface area contributed by atoms with Crippen molar-refractivity contribution >= 4 is 32.7 Å². The lowest BCUT2D eigenvalue weighted by atomic mass is 9.94. The summed E-state index contributed by atoms with van der Waals surface area (Å²) >= 11 is 0. The minimum absolute atomic E-state index is 0.0216. The van der Waals surface area contributed by atoms with Crippen LogP contribution in [0.2, 0.25) is 0 Å². The Morgan fingerprint density at radius 3 is 2.39 bits per heavy atom. The Morgan fingerprint density at radius 2 is 1.66 bits per heavy atom. The molecule has 9 nitrogen and oxygen atoms in total. The number of para-hydroxylation sites is 2. The molecule has 3 aromatic carbocycles. The van der Waals surface area contributed by atoms with Crippen molar-refractivity contribution in [2.75, 3.05) is 70.3 Å². The second-order valence-corrected chi connectivity index (χ2v) is 13.9. The van der Waals surface area contributed by atoms with Crippen molar-refractivity contribution < 1.29 is 17.9 Å². The van der Waals surface area contributed by atoms with Crippen LogP contribution in [0.5, 0.6) is 5.75 Å². The van der Waals surface area contributed by atoms with Crippen LogP contribution >= 0.6 is 0 Å². The number of anilines is 1. The van der Waals surface area contributed by atoms with Crippen LogP contribution in [-0.2, 0) is 16.4 Å². The van der Waals surface area contributed by atoms with Crippen molar-refractivity contribution in [2.45, 2.75) is 25.3 Å². The molecule has 44 heavy (non-hydrogen) atoms. The number of rotatable bonds is 12. The first-order valence-electron chi connectivity index (χ1n) is 15.3. The summed E-state index contributed by atoms with van der Waals surface area (Å²) in [5.41, 5.74) is 3.73. The van der Waals surface area contributed by atoms with E-state index in [2.05, 4.69) is 26.5 Å². The Balaban J connectivity index is 1.27. The first kappa shape index (κ1) is 31.5. The molecular weight excluding hydrogens is 574 g/mol. The standard InChI is InChI=1S/C34H43N5O4S/c1-36(33(40)28-10-5-4-6-11-28)26-29(27-14-16-30(43-2)17-15-27)18-21-37-19-9-20-38(23-22-37)34-35-31-12-7-8-13-32(31)39(34)24-25-44(3,41)42/h4-8,10-17,29H,9,18-26H2,1-3H3. The molecule has 5 rings (SSSR count). The second-order valence-electron chi connectivity index (χ2n) is 11.7. The number of carbonyl (C=O) groups is 1. The first-order chi connectivity index (χ1) is 21.2. The molecular formula is C34H43N5O4S. The predicted octanol–water partition coefficient (Wildman–Crippen LogP) is 4.55. The fourth-order valence-electron chi connectivity index (χ4n) is 5.97. The van der Waals surface area contributed by atoms with E-state index in [9.17, 15) is 13.2 Å². The minimum atomic E-state index is -3.11. The number of hydrogen-bond acceptors (Lipinski definition) is 7. The average molecular weight is 618 g/mol. The zero-order chi connectivity index (χ0) is 31.1. The van der Waals surface area contributed by atoms with E-state index in [-0.39, 0.29) is 17.6 Å². The highest BCUT2D eigenvalue weighted by atomic mass is 32.2. The lowest BCUT2D eigenvalue weighted by Crippen LogP contribution is -2.35. The summed E-state index contributed by atoms with van der Waals surface area (Å²) in [5, 5.41) is 0. The Hall–Kier alpha value is -3.89. The van der Waals surface area contributed by atoms with Crippen molar-refractivity contribution in [1.82, 2.24) is 19.4 Å². The molecule has 4 aromatic rings. The van der Waals surface area contributed by atoms with Crippen LogP contribution in [0.25, 0.3) is 11.0 Å². The van der Waals surface area contributed by atoms with Gasteiger partial charge in [-0.15, -0.1) is 0 Å². The normalized spacial score (nSPS) is 15.2. The summed E-state index contributed by atoms with van der Waals surface area (Å²) in [6.45, 7) is 5.41. The summed E-state index contributed by atoms with van der Waals surface area (Å²) < 4.78 is 31.5. The molecule has 1 aliphatic heterocycles. The molecule has 0 spiro atoms. The maximum Gasteiger partial charge on any atom is 0.253 e. The molecule has 0 saturated carbocycles. The molecule has 1 saturated heterocycles. The number of amides is 1. The van der Waals surface area contributed by atoms with Gasteiger partial charge in [-0.1, -0.05) is 42.5 Å². The number of benzene rings is 3. The van der Waals surface area contributed by atoms with Crippen LogP contribution in [-0.4, -0.2) is 99.1 Å². The SMILES string of the molecule is COc1ccc(C(CCN2CCCN(c3nc4ccccc4n3CCS(C)(=O)=O)CC2)CN(C)C(=O)c2ccccc2)cc1. The molecule has 0 N–H and O–H groups in total. The molecule has 0 aliphatic carbocycles. The van der Waals surface area contributed by atoms with E-state index in [0.29, 0.717) is 18.7 Å². The maximum atomic E-state index is 13.2. The topological polar surface area (TPSA) is 88.0 Å². The van der Waals surface area contributed by atoms with Gasteiger partial charge in [0.25, 0.3) is 5.91 Å². The van der Waals surface area contributed by atoms with E-state index < -0.39 is 9.84 Å². The number of methoxy groups -OCH3 is 1. The van der Waals surface area contributed by atoms with E-state index >= 15 is 0 Å². The summed E-state index contributed by atoms with van der Waals surface area (Å²) in [7, 11) is 0.438. The number of imidazole rings is 1. The molecule has 234 valence electrons. The maximum absolute atomic E-state index is 13.2. The van der Waals surface area contributed by atoms with Crippen molar-refractivity contribution in [3.05, 3.63) is 90.0 Å². The number of ether oxygens (including phenoxy) is 1. The lowest BCUT2D eigenvalue weighted by molar-refractivity contribution is 0.0782. The quantitative estimate of drug-likeness (QED) is 0.231. The number of hydrogen-bond donors (Lipinski definition) is 0. The molecule has 1 fully saturated rings. The van der Waals surface area contributed by atoms with Crippen LogP contribution < -0.4 is 9.64 Å². The highest BCUT2D eigenvalue weighted by molar-refractivity contribution is 7.90. The number of sulfone groups is 1. The third kappa shape index (κ3) is 7.98. The molecule has 0 radical (unpaired) electrons. The van der Waals surface area contributed by atoms with Crippen molar-refractivity contribution in [3.63, 3.8) is 0 Å². The summed E-state index contributed by atoms with van der Waals surface area (Å²) in [4.78, 5) is 24.7. The third-order valence-electron chi connectivity index (χ3n) is 8.43. The van der Waals surface area contributed by atoms with Gasteiger partial charge in [-0.05, 0) is 67.9 Å². The Kier molecular flexibility index (Phi) is 10.2. The number of fused-ring (bicyclic) bond motifs is 1. The summed E-state index contributed by atoms with van der Waals surface area (Å²) in [6.07, 6.45) is 3.17. The Bertz CT molecular complexity index is 1640. The van der Waals surface area contributed by atoms with Crippen LogP contribution in [0.1, 0.15) is 34.7 Å². The van der Waals surface area contributed by atoms with Crippen molar-refractivity contribution in [3.8, 4) is 5.75 Å². The number of nitrogens with zero attached hydrogens (tertiary/aromatic N) is 5. The second kappa shape index (κ2) is 14.3. The smallest absolute Gasteiger partial charge is 0.253 e. The average Bonchev–Trinajstić information content (AvgIpc) is 3.24. The molecule has 10 heteroatoms. The largest absolute Gasteiger partial charge is 0.497 e. The van der Waals surface area contributed by atoms with Gasteiger partial charge >= 0.3 is 0 Å². The molecule has 1 unspecified atom stereocenters. The van der Waals surface area contributed by atoms with Crippen LogP contribution in [0.4, 0.5) is 5.95 Å². The first-order valence-corrected chi connectivity index (χ1v) is 17.3. The van der Waals surface area contributed by atoms with E-state index in [1.165, 1.54) is 11.8 Å². The molecule has 1 aromatic heterocycles. The highest BCUT2D eigenvalue weighted by Gasteiger charge is 2.24. The molecule has 2 heterocycles. The summed E-state index contributed by atoms with van der Waals surface area (Å²) in [5.74, 6) is 1.92. The van der Waals surface area contributed by atoms with Crippen LogP contribution in [0, 0.1) is 0 Å². The molecule has 0 bridgehead atoms. The van der Waals surface area contributed by atoms with E-state index in [1.54, 1.807) is 7.11 Å². The van der Waals surface area contributed by atoms with Crippen molar-refractivity contribution in [2.24, 2.45) is 0 Å². The molecule has 1 aliphatic rings. The van der Waals surface area contributed by atoms with Gasteiger partial charge in [0.1, 0.15) is 15.6 Å². The zero-order valence-corrected chi connectivity index (χ0v) is 26.7. The van der Waals surface area contributed by atoms with E-state index in [1.807, 2.05) is 78.7 Å². The minimum Gasteiger partial charge on any atom is -0.497 e. The summed E-state index contributed by atoms with van der Waals surface area (Å²) in [6, 6.07) is 25.6. The fraction of sp³-hybridized carbons (Fsp3) is 0.412. The van der Waals surface area contributed by atoms with Gasteiger partial charge in [-0.2, -0.15) is 0 Å². The van der Waals surface area contributed by atoms with E-state index in [0.717, 1.165) is 68.3 Å². The van der Waals surface area contributed by atoms with Gasteiger partial charge in [0, 0.05) is 57.5 Å². The number of carbonyl (C=O) groups excluding carboxylic acids is 1. The Morgan fingerprint density at radius 1 is 0.932 bits per heavy atom. The fourth-order valence-corrected chi connectivity index (χ4v) is 6.48.